The highest BCUT2D eigenvalue weighted by Crippen LogP contribution is 2.25. The zero-order valence-electron chi connectivity index (χ0n) is 10.7. The van der Waals surface area contributed by atoms with Crippen molar-refractivity contribution < 1.29 is 9.00 Å². The summed E-state index contributed by atoms with van der Waals surface area (Å²) in [7, 11) is -0.677. The Morgan fingerprint density at radius 1 is 1.26 bits per heavy atom. The molecule has 1 amide bonds. The van der Waals surface area contributed by atoms with Crippen molar-refractivity contribution in [1.29, 1.82) is 0 Å². The number of anilines is 1. The van der Waals surface area contributed by atoms with E-state index in [2.05, 4.69) is 16.7 Å². The molecule has 4 nitrogen and oxygen atoms in total. The summed E-state index contributed by atoms with van der Waals surface area (Å²) in [6.07, 6.45) is 2.41. The second-order valence-corrected chi connectivity index (χ2v) is 6.89. The molecule has 1 atom stereocenters. The van der Waals surface area contributed by atoms with Gasteiger partial charge in [0.25, 0.3) is 0 Å². The molecule has 19 heavy (non-hydrogen) atoms. The maximum atomic E-state index is 12.2. The van der Waals surface area contributed by atoms with E-state index in [-0.39, 0.29) is 18.0 Å². The van der Waals surface area contributed by atoms with E-state index in [9.17, 15) is 9.00 Å². The fraction of sp³-hybridized carbons (Fsp3) is 0.500. The molecular formula is C14H18N2O2S. The van der Waals surface area contributed by atoms with Gasteiger partial charge < -0.3 is 10.6 Å². The van der Waals surface area contributed by atoms with Crippen LogP contribution in [0.2, 0.25) is 0 Å². The van der Waals surface area contributed by atoms with E-state index in [1.807, 2.05) is 18.2 Å². The normalized spacial score (nSPS) is 29.4. The Labute approximate surface area is 115 Å². The van der Waals surface area contributed by atoms with Crippen molar-refractivity contribution in [1.82, 2.24) is 5.32 Å². The van der Waals surface area contributed by atoms with Gasteiger partial charge in [-0.2, -0.15) is 0 Å². The van der Waals surface area contributed by atoms with Crippen molar-refractivity contribution in [3.8, 4) is 0 Å². The molecule has 2 heterocycles. The van der Waals surface area contributed by atoms with Gasteiger partial charge in [-0.25, -0.2) is 0 Å². The summed E-state index contributed by atoms with van der Waals surface area (Å²) in [6.45, 7) is 0. The molecular weight excluding hydrogens is 260 g/mol. The van der Waals surface area contributed by atoms with Crippen LogP contribution in [0.3, 0.4) is 0 Å². The zero-order chi connectivity index (χ0) is 13.2. The van der Waals surface area contributed by atoms with Crippen LogP contribution in [-0.4, -0.2) is 33.7 Å². The van der Waals surface area contributed by atoms with Crippen molar-refractivity contribution >= 4 is 22.4 Å². The standard InChI is InChI=1S/C14H18N2O2S/c17-14(15-11-5-7-19(18)8-6-11)13-9-10-3-1-2-4-12(10)16-13/h1-4,11,13,16H,5-9H2,(H,15,17). The summed E-state index contributed by atoms with van der Waals surface area (Å²) in [5.74, 6) is 1.49. The third kappa shape index (κ3) is 2.81. The highest BCUT2D eigenvalue weighted by atomic mass is 32.2. The number of carbonyl (C=O) groups is 1. The first-order valence-corrected chi connectivity index (χ1v) is 8.21. The first-order chi connectivity index (χ1) is 9.22. The van der Waals surface area contributed by atoms with E-state index in [4.69, 9.17) is 0 Å². The van der Waals surface area contributed by atoms with Crippen molar-refractivity contribution in [3.63, 3.8) is 0 Å². The number of hydrogen-bond donors (Lipinski definition) is 2. The minimum atomic E-state index is -0.677. The Morgan fingerprint density at radius 3 is 2.74 bits per heavy atom. The van der Waals surface area contributed by atoms with Crippen LogP contribution in [0.15, 0.2) is 24.3 Å². The summed E-state index contributed by atoms with van der Waals surface area (Å²) < 4.78 is 11.3. The van der Waals surface area contributed by atoms with Crippen LogP contribution < -0.4 is 10.6 Å². The fourth-order valence-electron chi connectivity index (χ4n) is 2.70. The zero-order valence-corrected chi connectivity index (χ0v) is 11.5. The van der Waals surface area contributed by atoms with E-state index in [1.165, 1.54) is 5.56 Å². The maximum absolute atomic E-state index is 12.2. The molecule has 0 spiro atoms. The highest BCUT2D eigenvalue weighted by Gasteiger charge is 2.28. The molecule has 3 rings (SSSR count). The average molecular weight is 278 g/mol. The number of carbonyl (C=O) groups excluding carboxylic acids is 1. The molecule has 1 aromatic rings. The van der Waals surface area contributed by atoms with Gasteiger partial charge in [0.15, 0.2) is 0 Å². The molecule has 5 heteroatoms. The molecule has 1 unspecified atom stereocenters. The van der Waals surface area contributed by atoms with Gasteiger partial charge in [-0.05, 0) is 24.5 Å². The number of para-hydroxylation sites is 1. The van der Waals surface area contributed by atoms with Gasteiger partial charge in [-0.15, -0.1) is 0 Å². The highest BCUT2D eigenvalue weighted by molar-refractivity contribution is 7.85. The second-order valence-electron chi connectivity index (χ2n) is 5.19. The van der Waals surface area contributed by atoms with E-state index >= 15 is 0 Å². The third-order valence-electron chi connectivity index (χ3n) is 3.82. The molecule has 1 saturated heterocycles. The van der Waals surface area contributed by atoms with Gasteiger partial charge in [0.1, 0.15) is 6.04 Å². The van der Waals surface area contributed by atoms with Crippen molar-refractivity contribution in [3.05, 3.63) is 29.8 Å². The Kier molecular flexibility index (Phi) is 3.55. The summed E-state index contributed by atoms with van der Waals surface area (Å²) in [6, 6.07) is 8.06. The first kappa shape index (κ1) is 12.7. The molecule has 0 bridgehead atoms. The number of nitrogens with one attached hydrogen (secondary N) is 2. The van der Waals surface area contributed by atoms with Crippen LogP contribution in [0.1, 0.15) is 18.4 Å². The lowest BCUT2D eigenvalue weighted by Crippen LogP contribution is -2.46. The number of rotatable bonds is 2. The number of fused-ring (bicyclic) bond motifs is 1. The van der Waals surface area contributed by atoms with Crippen LogP contribution in [0.4, 0.5) is 5.69 Å². The summed E-state index contributed by atoms with van der Waals surface area (Å²) >= 11 is 0. The topological polar surface area (TPSA) is 58.2 Å². The van der Waals surface area contributed by atoms with Crippen LogP contribution >= 0.6 is 0 Å². The molecule has 2 aliphatic heterocycles. The van der Waals surface area contributed by atoms with Gasteiger partial charge in [0.05, 0.1) is 0 Å². The Balaban J connectivity index is 1.56. The Bertz CT molecular complexity index is 483. The minimum Gasteiger partial charge on any atom is -0.373 e. The van der Waals surface area contributed by atoms with Gasteiger partial charge in [0.2, 0.25) is 5.91 Å². The monoisotopic (exact) mass is 278 g/mol. The van der Waals surface area contributed by atoms with Crippen molar-refractivity contribution in [2.24, 2.45) is 0 Å². The van der Waals surface area contributed by atoms with Gasteiger partial charge in [-0.1, -0.05) is 18.2 Å². The lowest BCUT2D eigenvalue weighted by Gasteiger charge is -2.24. The number of amides is 1. The Morgan fingerprint density at radius 2 is 2.00 bits per heavy atom. The number of benzene rings is 1. The summed E-state index contributed by atoms with van der Waals surface area (Å²) in [5.41, 5.74) is 2.26. The molecule has 1 aromatic carbocycles. The summed E-state index contributed by atoms with van der Waals surface area (Å²) in [5, 5.41) is 6.34. The van der Waals surface area contributed by atoms with Crippen LogP contribution in [-0.2, 0) is 22.0 Å². The van der Waals surface area contributed by atoms with E-state index in [0.29, 0.717) is 11.5 Å². The predicted molar refractivity (Wildman–Crippen MR) is 76.6 cm³/mol. The van der Waals surface area contributed by atoms with E-state index in [0.717, 1.165) is 24.9 Å². The van der Waals surface area contributed by atoms with E-state index in [1.54, 1.807) is 0 Å². The molecule has 2 N–H and O–H groups in total. The first-order valence-electron chi connectivity index (χ1n) is 6.72. The Hall–Kier alpha value is -1.36. The smallest absolute Gasteiger partial charge is 0.243 e. The van der Waals surface area contributed by atoms with Crippen LogP contribution in [0, 0.1) is 0 Å². The largest absolute Gasteiger partial charge is 0.373 e. The second kappa shape index (κ2) is 5.33. The average Bonchev–Trinajstić information content (AvgIpc) is 2.85. The van der Waals surface area contributed by atoms with E-state index < -0.39 is 10.8 Å². The molecule has 0 aliphatic carbocycles. The molecule has 102 valence electrons. The lowest BCUT2D eigenvalue weighted by atomic mass is 10.1. The molecule has 0 radical (unpaired) electrons. The maximum Gasteiger partial charge on any atom is 0.243 e. The van der Waals surface area contributed by atoms with Gasteiger partial charge in [0, 0.05) is 40.5 Å². The van der Waals surface area contributed by atoms with Crippen LogP contribution in [0.25, 0.3) is 0 Å². The molecule has 2 aliphatic rings. The quantitative estimate of drug-likeness (QED) is 0.850. The molecule has 1 fully saturated rings. The van der Waals surface area contributed by atoms with Gasteiger partial charge >= 0.3 is 0 Å². The third-order valence-corrected chi connectivity index (χ3v) is 5.20. The number of hydrogen-bond acceptors (Lipinski definition) is 3. The van der Waals surface area contributed by atoms with Crippen LogP contribution in [0.5, 0.6) is 0 Å². The van der Waals surface area contributed by atoms with Crippen molar-refractivity contribution in [2.45, 2.75) is 31.3 Å². The summed E-state index contributed by atoms with van der Waals surface area (Å²) in [4.78, 5) is 12.2. The SMILES string of the molecule is O=C(NC1CCS(=O)CC1)C1Cc2ccccc2N1. The predicted octanol–water partition coefficient (Wildman–Crippen LogP) is 1.05. The van der Waals surface area contributed by atoms with Crippen molar-refractivity contribution in [2.75, 3.05) is 16.8 Å². The molecule has 0 aromatic heterocycles. The van der Waals surface area contributed by atoms with Gasteiger partial charge in [-0.3, -0.25) is 9.00 Å². The molecule has 0 saturated carbocycles. The lowest BCUT2D eigenvalue weighted by molar-refractivity contribution is -0.122. The fourth-order valence-corrected chi connectivity index (χ4v) is 3.99. The minimum absolute atomic E-state index is 0.0638.